The number of nitrogens with one attached hydrogen (secondary N) is 1. The molecule has 0 amide bonds. The Bertz CT molecular complexity index is 105. The van der Waals surface area contributed by atoms with E-state index in [1.807, 2.05) is 0 Å². The van der Waals surface area contributed by atoms with Crippen molar-refractivity contribution in [3.05, 3.63) is 0 Å². The van der Waals surface area contributed by atoms with E-state index in [9.17, 15) is 8.78 Å². The van der Waals surface area contributed by atoms with Crippen molar-refractivity contribution in [3.8, 4) is 0 Å². The van der Waals surface area contributed by atoms with Crippen molar-refractivity contribution in [2.24, 2.45) is 10.3 Å². The highest BCUT2D eigenvalue weighted by Crippen LogP contribution is 2.07. The molecule has 2 atom stereocenters. The smallest absolute Gasteiger partial charge is 0.235 e. The fourth-order valence-corrected chi connectivity index (χ4v) is 0.413. The molecule has 0 aromatic heterocycles. The van der Waals surface area contributed by atoms with E-state index < -0.39 is 19.0 Å². The standard InChI is InChI=1S/C3H5F2N3/c4-1-2-3(5)7-8-6-2/h2-3H,1H2,(H,6,7). The minimum atomic E-state index is -1.50. The van der Waals surface area contributed by atoms with Gasteiger partial charge in [0.15, 0.2) is 0 Å². The molecule has 0 aliphatic carbocycles. The Kier molecular flexibility index (Phi) is 1.36. The summed E-state index contributed by atoms with van der Waals surface area (Å²) in [4.78, 5) is 0. The van der Waals surface area contributed by atoms with Gasteiger partial charge < -0.3 is 0 Å². The highest BCUT2D eigenvalue weighted by molar-refractivity contribution is 4.73. The van der Waals surface area contributed by atoms with E-state index in [-0.39, 0.29) is 0 Å². The van der Waals surface area contributed by atoms with Gasteiger partial charge in [-0.3, -0.25) is 5.43 Å². The number of alkyl halides is 2. The number of hydrogen-bond donors (Lipinski definition) is 1. The van der Waals surface area contributed by atoms with Crippen LogP contribution >= 0.6 is 0 Å². The van der Waals surface area contributed by atoms with E-state index in [0.717, 1.165) is 0 Å². The van der Waals surface area contributed by atoms with Gasteiger partial charge in [-0.2, -0.15) is 0 Å². The van der Waals surface area contributed by atoms with Crippen LogP contribution in [0.5, 0.6) is 0 Å². The molecule has 8 heavy (non-hydrogen) atoms. The monoisotopic (exact) mass is 121 g/mol. The van der Waals surface area contributed by atoms with Crippen LogP contribution < -0.4 is 5.43 Å². The summed E-state index contributed by atoms with van der Waals surface area (Å²) in [6, 6.07) is -0.852. The van der Waals surface area contributed by atoms with Gasteiger partial charge in [0.25, 0.3) is 0 Å². The predicted octanol–water partition coefficient (Wildman–Crippen LogP) is 0.591. The fourth-order valence-electron chi connectivity index (χ4n) is 0.413. The maximum Gasteiger partial charge on any atom is 0.235 e. The van der Waals surface area contributed by atoms with Crippen molar-refractivity contribution in [1.82, 2.24) is 5.43 Å². The molecular weight excluding hydrogens is 116 g/mol. The molecule has 1 rings (SSSR count). The van der Waals surface area contributed by atoms with Gasteiger partial charge in [0.2, 0.25) is 6.30 Å². The Morgan fingerprint density at radius 1 is 1.62 bits per heavy atom. The second-order valence-electron chi connectivity index (χ2n) is 1.48. The lowest BCUT2D eigenvalue weighted by atomic mass is 10.3. The van der Waals surface area contributed by atoms with Crippen molar-refractivity contribution >= 4 is 0 Å². The number of halogens is 2. The van der Waals surface area contributed by atoms with Crippen LogP contribution in [0.15, 0.2) is 10.3 Å². The zero-order chi connectivity index (χ0) is 5.98. The van der Waals surface area contributed by atoms with Gasteiger partial charge in [0.05, 0.1) is 0 Å². The van der Waals surface area contributed by atoms with Gasteiger partial charge in [-0.05, 0) is 0 Å². The van der Waals surface area contributed by atoms with Gasteiger partial charge in [-0.25, -0.2) is 8.78 Å². The van der Waals surface area contributed by atoms with E-state index in [2.05, 4.69) is 15.8 Å². The lowest BCUT2D eigenvalue weighted by molar-refractivity contribution is 0.256. The lowest BCUT2D eigenvalue weighted by Gasteiger charge is -2.01. The molecule has 0 aromatic rings. The van der Waals surface area contributed by atoms with E-state index >= 15 is 0 Å². The molecular formula is C3H5F2N3. The second-order valence-corrected chi connectivity index (χ2v) is 1.48. The highest BCUT2D eigenvalue weighted by Gasteiger charge is 2.24. The molecule has 2 unspecified atom stereocenters. The van der Waals surface area contributed by atoms with Gasteiger partial charge in [0.1, 0.15) is 12.7 Å². The molecule has 0 radical (unpaired) electrons. The third-order valence-corrected chi connectivity index (χ3v) is 0.890. The van der Waals surface area contributed by atoms with Crippen LogP contribution in [-0.2, 0) is 0 Å². The molecule has 1 aliphatic heterocycles. The lowest BCUT2D eigenvalue weighted by Crippen LogP contribution is -2.29. The first-order valence-electron chi connectivity index (χ1n) is 2.20. The summed E-state index contributed by atoms with van der Waals surface area (Å²) in [5.41, 5.74) is 2.16. The van der Waals surface area contributed by atoms with Crippen molar-refractivity contribution in [3.63, 3.8) is 0 Å². The maximum atomic E-state index is 12.0. The summed E-state index contributed by atoms with van der Waals surface area (Å²) in [5, 5.41) is 6.07. The third kappa shape index (κ3) is 0.753. The second kappa shape index (κ2) is 2.02. The van der Waals surface area contributed by atoms with Crippen LogP contribution in [0.2, 0.25) is 0 Å². The molecule has 0 aromatic carbocycles. The highest BCUT2D eigenvalue weighted by atomic mass is 19.1. The van der Waals surface area contributed by atoms with E-state index in [0.29, 0.717) is 0 Å². The molecule has 0 saturated carbocycles. The summed E-state index contributed by atoms with van der Waals surface area (Å²) in [6.45, 7) is -0.770. The van der Waals surface area contributed by atoms with Crippen molar-refractivity contribution in [2.75, 3.05) is 6.67 Å². The quantitative estimate of drug-likeness (QED) is 0.506. The minimum absolute atomic E-state index is 0.770. The molecule has 0 saturated heterocycles. The summed E-state index contributed by atoms with van der Waals surface area (Å²) < 4.78 is 23.6. The van der Waals surface area contributed by atoms with Gasteiger partial charge >= 0.3 is 0 Å². The first-order valence-corrected chi connectivity index (χ1v) is 2.20. The van der Waals surface area contributed by atoms with Crippen LogP contribution in [0.25, 0.3) is 0 Å². The van der Waals surface area contributed by atoms with Crippen molar-refractivity contribution in [1.29, 1.82) is 0 Å². The van der Waals surface area contributed by atoms with Gasteiger partial charge in [-0.15, -0.1) is 5.11 Å². The zero-order valence-corrected chi connectivity index (χ0v) is 4.01. The van der Waals surface area contributed by atoms with Crippen LogP contribution in [0, 0.1) is 0 Å². The predicted molar refractivity (Wildman–Crippen MR) is 22.7 cm³/mol. The van der Waals surface area contributed by atoms with Crippen LogP contribution in [0.1, 0.15) is 0 Å². The van der Waals surface area contributed by atoms with Crippen molar-refractivity contribution < 1.29 is 8.78 Å². The number of rotatable bonds is 1. The number of nitrogens with zero attached hydrogens (tertiary/aromatic N) is 2. The van der Waals surface area contributed by atoms with E-state index in [4.69, 9.17) is 0 Å². The normalized spacial score (nSPS) is 35.2. The molecule has 0 spiro atoms. The molecule has 1 aliphatic rings. The zero-order valence-electron chi connectivity index (χ0n) is 4.01. The summed E-state index contributed by atoms with van der Waals surface area (Å²) in [6.07, 6.45) is -1.50. The molecule has 1 heterocycles. The first-order chi connectivity index (χ1) is 3.84. The topological polar surface area (TPSA) is 36.8 Å². The van der Waals surface area contributed by atoms with E-state index in [1.165, 1.54) is 0 Å². The molecule has 0 fully saturated rings. The first kappa shape index (κ1) is 5.40. The summed E-state index contributed by atoms with van der Waals surface area (Å²) >= 11 is 0. The fraction of sp³-hybridized carbons (Fsp3) is 1.00. The van der Waals surface area contributed by atoms with E-state index in [1.54, 1.807) is 0 Å². The Balaban J connectivity index is 2.38. The van der Waals surface area contributed by atoms with Crippen LogP contribution in [0.4, 0.5) is 8.78 Å². The van der Waals surface area contributed by atoms with Crippen LogP contribution in [-0.4, -0.2) is 19.0 Å². The Morgan fingerprint density at radius 2 is 2.38 bits per heavy atom. The Hall–Kier alpha value is -0.740. The summed E-state index contributed by atoms with van der Waals surface area (Å²) in [7, 11) is 0. The largest absolute Gasteiger partial charge is 0.281 e. The average Bonchev–Trinajstić information content (AvgIpc) is 2.14. The Morgan fingerprint density at radius 3 is 2.62 bits per heavy atom. The maximum absolute atomic E-state index is 12.0. The average molecular weight is 121 g/mol. The SMILES string of the molecule is FCC1NN=NC1F. The minimum Gasteiger partial charge on any atom is -0.281 e. The third-order valence-electron chi connectivity index (χ3n) is 0.890. The molecule has 46 valence electrons. The van der Waals surface area contributed by atoms with Gasteiger partial charge in [0, 0.05) is 0 Å². The molecule has 5 heteroatoms. The van der Waals surface area contributed by atoms with Crippen molar-refractivity contribution in [2.45, 2.75) is 12.3 Å². The summed E-state index contributed by atoms with van der Waals surface area (Å²) in [5.74, 6) is 0. The Labute approximate surface area is 44.8 Å². The molecule has 0 bridgehead atoms. The molecule has 1 N–H and O–H groups in total. The molecule has 3 nitrogen and oxygen atoms in total. The number of hydrogen-bond acceptors (Lipinski definition) is 3. The van der Waals surface area contributed by atoms with Crippen LogP contribution in [0.3, 0.4) is 0 Å². The van der Waals surface area contributed by atoms with Gasteiger partial charge in [-0.1, -0.05) is 5.22 Å².